The van der Waals surface area contributed by atoms with Gasteiger partial charge in [0.25, 0.3) is 0 Å². The number of carbonyl (C=O) groups excluding carboxylic acids is 1. The maximum atomic E-state index is 13.3. The lowest BCUT2D eigenvalue weighted by Crippen LogP contribution is -3.11. The maximum absolute atomic E-state index is 13.3. The minimum atomic E-state index is -0.225. The van der Waals surface area contributed by atoms with Gasteiger partial charge in [0.2, 0.25) is 5.78 Å². The van der Waals surface area contributed by atoms with E-state index < -0.39 is 0 Å². The first-order chi connectivity index (χ1) is 17.0. The fraction of sp³-hybridized carbons (Fsp3) is 0.370. The van der Waals surface area contributed by atoms with Crippen molar-refractivity contribution < 1.29 is 33.7 Å². The fourth-order valence-electron chi connectivity index (χ4n) is 4.45. The smallest absolute Gasteiger partial charge is 0.231 e. The molecule has 1 aliphatic heterocycles. The zero-order valence-corrected chi connectivity index (χ0v) is 20.7. The van der Waals surface area contributed by atoms with E-state index in [1.165, 1.54) is 6.07 Å². The van der Waals surface area contributed by atoms with Gasteiger partial charge in [0.1, 0.15) is 31.1 Å². The van der Waals surface area contributed by atoms with Crippen LogP contribution in [0.1, 0.15) is 28.4 Å². The molecule has 0 unspecified atom stereocenters. The summed E-state index contributed by atoms with van der Waals surface area (Å²) in [5.74, 6) is 0.939. The number of Topliss-reactive ketones (excluding diaryl/α,β-unsaturated/α-hetero) is 1. The largest absolute Gasteiger partial charge is 0.872 e. The van der Waals surface area contributed by atoms with E-state index in [9.17, 15) is 9.90 Å². The SMILES string of the molecule is CCn1cc(C=C2Oc3c(ccc([O-])c3C[NH+](CCOC)CCOC)C2=O)c2cc(OC)ccc21. The summed E-state index contributed by atoms with van der Waals surface area (Å²) in [5.41, 5.74) is 2.81. The Labute approximate surface area is 205 Å². The molecule has 8 nitrogen and oxygen atoms in total. The molecule has 0 saturated heterocycles. The number of methoxy groups -OCH3 is 3. The quantitative estimate of drug-likeness (QED) is 0.423. The van der Waals surface area contributed by atoms with Crippen molar-refractivity contribution in [3.63, 3.8) is 0 Å². The van der Waals surface area contributed by atoms with Crippen molar-refractivity contribution in [3.05, 3.63) is 59.0 Å². The van der Waals surface area contributed by atoms with Crippen molar-refractivity contribution in [1.82, 2.24) is 4.57 Å². The molecule has 0 amide bonds. The van der Waals surface area contributed by atoms with Crippen LogP contribution in [0, 0.1) is 0 Å². The summed E-state index contributed by atoms with van der Waals surface area (Å²) in [7, 11) is 4.93. The van der Waals surface area contributed by atoms with Crippen LogP contribution in [-0.4, -0.2) is 58.0 Å². The zero-order chi connectivity index (χ0) is 24.9. The second-order valence-electron chi connectivity index (χ2n) is 8.52. The molecule has 1 aromatic heterocycles. The van der Waals surface area contributed by atoms with Gasteiger partial charge in [0.15, 0.2) is 5.76 Å². The van der Waals surface area contributed by atoms with Gasteiger partial charge >= 0.3 is 0 Å². The zero-order valence-electron chi connectivity index (χ0n) is 20.7. The number of carbonyl (C=O) groups is 1. The molecule has 1 aliphatic rings. The Balaban J connectivity index is 1.69. The number of allylic oxidation sites excluding steroid dienone is 1. The van der Waals surface area contributed by atoms with Gasteiger partial charge in [0, 0.05) is 49.0 Å². The van der Waals surface area contributed by atoms with Crippen LogP contribution in [0.4, 0.5) is 0 Å². The number of quaternary nitrogens is 1. The molecule has 3 aromatic rings. The van der Waals surface area contributed by atoms with E-state index in [2.05, 4.69) is 11.5 Å². The topological polar surface area (TPSA) is 86.4 Å². The number of nitrogens with one attached hydrogen (secondary N) is 1. The lowest BCUT2D eigenvalue weighted by Gasteiger charge is -2.23. The molecule has 186 valence electrons. The summed E-state index contributed by atoms with van der Waals surface area (Å²) in [6.45, 7) is 5.79. The number of nitrogens with zero attached hydrogens (tertiary/aromatic N) is 1. The van der Waals surface area contributed by atoms with Crippen molar-refractivity contribution in [2.24, 2.45) is 0 Å². The second-order valence-corrected chi connectivity index (χ2v) is 8.52. The van der Waals surface area contributed by atoms with E-state index in [1.807, 2.05) is 24.4 Å². The first kappa shape index (κ1) is 24.8. The van der Waals surface area contributed by atoms with E-state index in [1.54, 1.807) is 33.5 Å². The number of ether oxygens (including phenoxy) is 4. The van der Waals surface area contributed by atoms with Crippen molar-refractivity contribution in [1.29, 1.82) is 0 Å². The van der Waals surface area contributed by atoms with E-state index >= 15 is 0 Å². The lowest BCUT2D eigenvalue weighted by atomic mass is 10.0. The number of hydrogen-bond acceptors (Lipinski definition) is 6. The van der Waals surface area contributed by atoms with Crippen LogP contribution in [-0.2, 0) is 22.6 Å². The Bertz CT molecular complexity index is 1240. The molecule has 0 aliphatic carbocycles. The number of aryl methyl sites for hydroxylation is 1. The van der Waals surface area contributed by atoms with Gasteiger partial charge in [-0.3, -0.25) is 4.79 Å². The Morgan fingerprint density at radius 2 is 1.83 bits per heavy atom. The van der Waals surface area contributed by atoms with Gasteiger partial charge < -0.3 is 33.5 Å². The van der Waals surface area contributed by atoms with Crippen molar-refractivity contribution >= 4 is 22.8 Å². The van der Waals surface area contributed by atoms with Crippen molar-refractivity contribution in [3.8, 4) is 17.2 Å². The maximum Gasteiger partial charge on any atom is 0.231 e. The number of aromatic nitrogens is 1. The molecule has 0 saturated carbocycles. The van der Waals surface area contributed by atoms with Gasteiger partial charge in [-0.1, -0.05) is 11.8 Å². The number of fused-ring (bicyclic) bond motifs is 2. The first-order valence-corrected chi connectivity index (χ1v) is 11.8. The Kier molecular flexibility index (Phi) is 7.75. The second kappa shape index (κ2) is 10.9. The minimum absolute atomic E-state index is 0.141. The Morgan fingerprint density at radius 3 is 2.49 bits per heavy atom. The minimum Gasteiger partial charge on any atom is -0.872 e. The normalized spacial score (nSPS) is 14.2. The van der Waals surface area contributed by atoms with Crippen molar-refractivity contribution in [2.75, 3.05) is 47.6 Å². The molecular formula is C27H32N2O6. The molecule has 4 rings (SSSR count). The summed E-state index contributed by atoms with van der Waals surface area (Å²) >= 11 is 0. The predicted octanol–water partition coefficient (Wildman–Crippen LogP) is 2.04. The van der Waals surface area contributed by atoms with Gasteiger partial charge in [0.05, 0.1) is 25.9 Å². The van der Waals surface area contributed by atoms with Gasteiger partial charge in [-0.2, -0.15) is 0 Å². The van der Waals surface area contributed by atoms with Crippen molar-refractivity contribution in [2.45, 2.75) is 20.0 Å². The summed E-state index contributed by atoms with van der Waals surface area (Å²) in [6, 6.07) is 8.89. The molecule has 2 aromatic carbocycles. The molecule has 0 radical (unpaired) electrons. The van der Waals surface area contributed by atoms with Crippen LogP contribution in [0.25, 0.3) is 17.0 Å². The van der Waals surface area contributed by atoms with E-state index in [0.717, 1.165) is 33.7 Å². The van der Waals surface area contributed by atoms with Crippen LogP contribution in [0.2, 0.25) is 0 Å². The Morgan fingerprint density at radius 1 is 1.09 bits per heavy atom. The molecule has 35 heavy (non-hydrogen) atoms. The number of ketones is 1. The average molecular weight is 481 g/mol. The Hall–Kier alpha value is -3.33. The molecule has 0 spiro atoms. The van der Waals surface area contributed by atoms with Crippen LogP contribution >= 0.6 is 0 Å². The summed E-state index contributed by atoms with van der Waals surface area (Å²) in [6.07, 6.45) is 3.75. The highest BCUT2D eigenvalue weighted by atomic mass is 16.5. The molecule has 2 heterocycles. The third-order valence-corrected chi connectivity index (χ3v) is 6.39. The van der Waals surface area contributed by atoms with Gasteiger partial charge in [-0.05, 0) is 37.3 Å². The summed E-state index contributed by atoms with van der Waals surface area (Å²) in [5, 5.41) is 13.8. The molecule has 0 atom stereocenters. The van der Waals surface area contributed by atoms with E-state index in [-0.39, 0.29) is 17.3 Å². The molecule has 0 fully saturated rings. The molecule has 8 heteroatoms. The summed E-state index contributed by atoms with van der Waals surface area (Å²) < 4.78 is 24.1. The predicted molar refractivity (Wildman–Crippen MR) is 131 cm³/mol. The highest BCUT2D eigenvalue weighted by Crippen LogP contribution is 2.39. The lowest BCUT2D eigenvalue weighted by molar-refractivity contribution is -0.914. The number of benzene rings is 2. The monoisotopic (exact) mass is 480 g/mol. The molecule has 0 bridgehead atoms. The van der Waals surface area contributed by atoms with E-state index in [0.29, 0.717) is 49.7 Å². The van der Waals surface area contributed by atoms with Crippen LogP contribution in [0.5, 0.6) is 17.2 Å². The molecular weight excluding hydrogens is 448 g/mol. The standard InChI is InChI=1S/C27H32N2O6/c1-5-29-16-18(21-15-19(34-4)6-8-23(21)29)14-25-26(31)20-7-9-24(30)22(27(20)35-25)17-28(10-12-32-2)11-13-33-3/h6-9,14-16,30H,5,10-13,17H2,1-4H3. The van der Waals surface area contributed by atoms with Gasteiger partial charge in [-0.15, -0.1) is 0 Å². The van der Waals surface area contributed by atoms with E-state index in [4.69, 9.17) is 18.9 Å². The number of hydrogen-bond donors (Lipinski definition) is 1. The summed E-state index contributed by atoms with van der Waals surface area (Å²) in [4.78, 5) is 14.4. The van der Waals surface area contributed by atoms with Crippen LogP contribution in [0.15, 0.2) is 42.3 Å². The third-order valence-electron chi connectivity index (χ3n) is 6.39. The van der Waals surface area contributed by atoms with Crippen LogP contribution < -0.4 is 19.5 Å². The first-order valence-electron chi connectivity index (χ1n) is 11.8. The third kappa shape index (κ3) is 5.05. The highest BCUT2D eigenvalue weighted by Gasteiger charge is 2.31. The molecule has 1 N–H and O–H groups in total. The van der Waals surface area contributed by atoms with Crippen LogP contribution in [0.3, 0.4) is 0 Å². The number of rotatable bonds is 11. The van der Waals surface area contributed by atoms with Gasteiger partial charge in [-0.25, -0.2) is 0 Å². The highest BCUT2D eigenvalue weighted by molar-refractivity contribution is 6.15. The fourth-order valence-corrected chi connectivity index (χ4v) is 4.45. The average Bonchev–Trinajstić information content (AvgIpc) is 3.38.